The lowest BCUT2D eigenvalue weighted by molar-refractivity contribution is 0.0939. The summed E-state index contributed by atoms with van der Waals surface area (Å²) in [4.78, 5) is 12.9. The van der Waals surface area contributed by atoms with Gasteiger partial charge < -0.3 is 10.1 Å². The van der Waals surface area contributed by atoms with E-state index in [0.29, 0.717) is 16.0 Å². The standard InChI is InChI=1S/C17H18FNO3S/c1-11(13-6-9-16(22-2)15(18)10-13)19-17(20)12-4-7-14(8-5-12)23(3)21/h4-11H,1-3H3,(H,19,20)/t11-,23+/m1/s1. The van der Waals surface area contributed by atoms with Gasteiger partial charge in [-0.3, -0.25) is 9.00 Å². The van der Waals surface area contributed by atoms with Gasteiger partial charge in [-0.05, 0) is 48.9 Å². The van der Waals surface area contributed by atoms with Gasteiger partial charge >= 0.3 is 0 Å². The van der Waals surface area contributed by atoms with Crippen molar-refractivity contribution in [2.75, 3.05) is 13.4 Å². The Morgan fingerprint density at radius 1 is 1.22 bits per heavy atom. The molecule has 0 aromatic heterocycles. The van der Waals surface area contributed by atoms with Crippen molar-refractivity contribution in [1.29, 1.82) is 0 Å². The van der Waals surface area contributed by atoms with Crippen LogP contribution in [0, 0.1) is 5.82 Å². The van der Waals surface area contributed by atoms with Crippen molar-refractivity contribution >= 4 is 16.7 Å². The largest absolute Gasteiger partial charge is 0.494 e. The minimum atomic E-state index is -1.08. The first-order valence-electron chi connectivity index (χ1n) is 7.00. The lowest BCUT2D eigenvalue weighted by atomic mass is 10.1. The number of benzene rings is 2. The maximum Gasteiger partial charge on any atom is 0.251 e. The van der Waals surface area contributed by atoms with E-state index >= 15 is 0 Å². The van der Waals surface area contributed by atoms with Gasteiger partial charge in [-0.15, -0.1) is 0 Å². The van der Waals surface area contributed by atoms with E-state index in [1.54, 1.807) is 43.5 Å². The number of amides is 1. The van der Waals surface area contributed by atoms with Crippen LogP contribution in [0.25, 0.3) is 0 Å². The number of hydrogen-bond donors (Lipinski definition) is 1. The Balaban J connectivity index is 2.09. The van der Waals surface area contributed by atoms with E-state index in [1.807, 2.05) is 0 Å². The van der Waals surface area contributed by atoms with Crippen molar-refractivity contribution in [2.45, 2.75) is 17.9 Å². The third kappa shape index (κ3) is 4.16. The molecule has 4 nitrogen and oxygen atoms in total. The zero-order valence-electron chi connectivity index (χ0n) is 13.1. The van der Waals surface area contributed by atoms with E-state index in [1.165, 1.54) is 19.2 Å². The second-order valence-corrected chi connectivity index (χ2v) is 6.45. The molecule has 0 spiro atoms. The Bertz CT molecular complexity index is 731. The average Bonchev–Trinajstić information content (AvgIpc) is 2.54. The highest BCUT2D eigenvalue weighted by molar-refractivity contribution is 7.84. The monoisotopic (exact) mass is 335 g/mol. The number of carbonyl (C=O) groups excluding carboxylic acids is 1. The Kier molecular flexibility index (Phi) is 5.50. The van der Waals surface area contributed by atoms with Gasteiger partial charge in [0.15, 0.2) is 11.6 Å². The Hall–Kier alpha value is -2.21. The number of halogens is 1. The van der Waals surface area contributed by atoms with E-state index in [4.69, 9.17) is 4.74 Å². The van der Waals surface area contributed by atoms with E-state index in [9.17, 15) is 13.4 Å². The number of ether oxygens (including phenoxy) is 1. The molecule has 0 aliphatic rings. The molecule has 0 radical (unpaired) electrons. The molecule has 2 rings (SSSR count). The molecule has 0 bridgehead atoms. The first-order valence-corrected chi connectivity index (χ1v) is 8.56. The number of nitrogens with one attached hydrogen (secondary N) is 1. The zero-order valence-corrected chi connectivity index (χ0v) is 13.9. The fourth-order valence-corrected chi connectivity index (χ4v) is 2.63. The molecule has 2 aromatic carbocycles. The van der Waals surface area contributed by atoms with Crippen LogP contribution in [0.5, 0.6) is 5.75 Å². The summed E-state index contributed by atoms with van der Waals surface area (Å²) in [6.07, 6.45) is 1.58. The normalized spacial score (nSPS) is 13.2. The molecule has 0 aliphatic carbocycles. The van der Waals surface area contributed by atoms with Crippen LogP contribution in [-0.2, 0) is 10.8 Å². The highest BCUT2D eigenvalue weighted by atomic mass is 32.2. The highest BCUT2D eigenvalue weighted by Gasteiger charge is 2.13. The van der Waals surface area contributed by atoms with Crippen molar-refractivity contribution in [1.82, 2.24) is 5.32 Å². The molecule has 23 heavy (non-hydrogen) atoms. The first-order chi connectivity index (χ1) is 10.9. The third-order valence-electron chi connectivity index (χ3n) is 3.47. The molecule has 0 fully saturated rings. The van der Waals surface area contributed by atoms with E-state index in [0.717, 1.165) is 0 Å². The van der Waals surface area contributed by atoms with Gasteiger partial charge in [0.05, 0.1) is 13.2 Å². The average molecular weight is 335 g/mol. The van der Waals surface area contributed by atoms with Crippen molar-refractivity contribution in [3.63, 3.8) is 0 Å². The summed E-state index contributed by atoms with van der Waals surface area (Å²) >= 11 is 0. The predicted molar refractivity (Wildman–Crippen MR) is 87.6 cm³/mol. The summed E-state index contributed by atoms with van der Waals surface area (Å²) in [5.41, 5.74) is 1.10. The molecule has 2 atom stereocenters. The number of rotatable bonds is 5. The van der Waals surface area contributed by atoms with Crippen LogP contribution in [0.2, 0.25) is 0 Å². The molecule has 0 heterocycles. The van der Waals surface area contributed by atoms with Crippen molar-refractivity contribution in [3.8, 4) is 5.75 Å². The van der Waals surface area contributed by atoms with Crippen LogP contribution < -0.4 is 10.1 Å². The van der Waals surface area contributed by atoms with E-state index < -0.39 is 16.6 Å². The molecule has 1 amide bonds. The van der Waals surface area contributed by atoms with Crippen LogP contribution in [0.15, 0.2) is 47.4 Å². The Morgan fingerprint density at radius 2 is 1.87 bits per heavy atom. The molecule has 0 saturated heterocycles. The van der Waals surface area contributed by atoms with Gasteiger partial charge in [0.25, 0.3) is 5.91 Å². The van der Waals surface area contributed by atoms with Gasteiger partial charge in [-0.1, -0.05) is 6.07 Å². The second-order valence-electron chi connectivity index (χ2n) is 5.07. The molecule has 122 valence electrons. The first kappa shape index (κ1) is 17.1. The van der Waals surface area contributed by atoms with Crippen LogP contribution in [-0.4, -0.2) is 23.5 Å². The maximum atomic E-state index is 13.7. The summed E-state index contributed by atoms with van der Waals surface area (Å²) in [6.45, 7) is 1.77. The van der Waals surface area contributed by atoms with Gasteiger partial charge in [-0.25, -0.2) is 4.39 Å². The summed E-state index contributed by atoms with van der Waals surface area (Å²) in [6, 6.07) is 10.8. The molecule has 6 heteroatoms. The van der Waals surface area contributed by atoms with Gasteiger partial charge in [0.2, 0.25) is 0 Å². The van der Waals surface area contributed by atoms with Crippen LogP contribution >= 0.6 is 0 Å². The molecule has 0 unspecified atom stereocenters. The fourth-order valence-electron chi connectivity index (χ4n) is 2.11. The minimum Gasteiger partial charge on any atom is -0.494 e. The van der Waals surface area contributed by atoms with Crippen LogP contribution in [0.3, 0.4) is 0 Å². The summed E-state index contributed by atoms with van der Waals surface area (Å²) < 4.78 is 29.9. The van der Waals surface area contributed by atoms with Crippen LogP contribution in [0.1, 0.15) is 28.9 Å². The lowest BCUT2D eigenvalue weighted by Gasteiger charge is -2.15. The number of hydrogen-bond acceptors (Lipinski definition) is 3. The molecular weight excluding hydrogens is 317 g/mol. The molecule has 0 aliphatic heterocycles. The van der Waals surface area contributed by atoms with Gasteiger partial charge in [0, 0.05) is 27.5 Å². The SMILES string of the molecule is COc1ccc([C@@H](C)NC(=O)c2ccc([S@](C)=O)cc2)cc1F. The van der Waals surface area contributed by atoms with Crippen molar-refractivity contribution in [2.24, 2.45) is 0 Å². The minimum absolute atomic E-state index is 0.162. The molecule has 2 aromatic rings. The second kappa shape index (κ2) is 7.37. The summed E-state index contributed by atoms with van der Waals surface area (Å²) in [7, 11) is 0.317. The fraction of sp³-hybridized carbons (Fsp3) is 0.235. The molecule has 1 N–H and O–H groups in total. The number of methoxy groups -OCH3 is 1. The van der Waals surface area contributed by atoms with E-state index in [-0.39, 0.29) is 17.7 Å². The van der Waals surface area contributed by atoms with Gasteiger partial charge in [0.1, 0.15) is 0 Å². The molecule has 0 saturated carbocycles. The Labute approximate surface area is 137 Å². The quantitative estimate of drug-likeness (QED) is 0.914. The number of carbonyl (C=O) groups is 1. The van der Waals surface area contributed by atoms with Crippen molar-refractivity contribution < 1.29 is 18.1 Å². The summed E-state index contributed by atoms with van der Waals surface area (Å²) in [5.74, 6) is -0.585. The molecular formula is C17H18FNO3S. The summed E-state index contributed by atoms with van der Waals surface area (Å²) in [5, 5.41) is 2.80. The topological polar surface area (TPSA) is 55.4 Å². The third-order valence-corrected chi connectivity index (χ3v) is 4.41. The Morgan fingerprint density at radius 3 is 2.39 bits per heavy atom. The smallest absolute Gasteiger partial charge is 0.251 e. The maximum absolute atomic E-state index is 13.7. The van der Waals surface area contributed by atoms with E-state index in [2.05, 4.69) is 5.32 Å². The highest BCUT2D eigenvalue weighted by Crippen LogP contribution is 2.22. The van der Waals surface area contributed by atoms with Crippen molar-refractivity contribution in [3.05, 3.63) is 59.4 Å². The lowest BCUT2D eigenvalue weighted by Crippen LogP contribution is -2.26. The predicted octanol–water partition coefficient (Wildman–Crippen LogP) is 3.06. The zero-order chi connectivity index (χ0) is 17.0. The van der Waals surface area contributed by atoms with Crippen LogP contribution in [0.4, 0.5) is 4.39 Å². The van der Waals surface area contributed by atoms with Gasteiger partial charge in [-0.2, -0.15) is 0 Å².